The Morgan fingerprint density at radius 1 is 1.67 bits per heavy atom. The number of aliphatic carboxylic acids is 1. The second-order valence-electron chi connectivity index (χ2n) is 0.620. The molecule has 0 unspecified atom stereocenters. The minimum Gasteiger partial charge on any atom is -0.548 e. The Morgan fingerprint density at radius 3 is 1.83 bits per heavy atom. The molecule has 0 aromatic heterocycles. The van der Waals surface area contributed by atoms with E-state index in [1.807, 2.05) is 0 Å². The van der Waals surface area contributed by atoms with Gasteiger partial charge < -0.3 is 9.90 Å². The minimum absolute atomic E-state index is 0.718. The van der Waals surface area contributed by atoms with E-state index >= 15 is 0 Å². The second-order valence-corrected chi connectivity index (χ2v) is 3.68. The van der Waals surface area contributed by atoms with Crippen molar-refractivity contribution in [1.82, 2.24) is 0 Å². The van der Waals surface area contributed by atoms with Crippen LogP contribution in [0.1, 0.15) is 0 Å². The molecule has 0 atom stereocenters. The van der Waals surface area contributed by atoms with E-state index in [9.17, 15) is 9.90 Å². The molecule has 0 heterocycles. The van der Waals surface area contributed by atoms with Crippen molar-refractivity contribution in [3.8, 4) is 0 Å². The molecule has 0 aliphatic carbocycles. The van der Waals surface area contributed by atoms with E-state index in [2.05, 4.69) is 31.9 Å². The van der Waals surface area contributed by atoms with Crippen LogP contribution in [-0.2, 0) is 4.79 Å². The SMILES string of the molecule is O=C([O-])C(Br)Br. The molecule has 4 heteroatoms. The summed E-state index contributed by atoms with van der Waals surface area (Å²) in [5.41, 5.74) is 0. The first-order valence-electron chi connectivity index (χ1n) is 1.13. The lowest BCUT2D eigenvalue weighted by molar-refractivity contribution is -0.302. The monoisotopic (exact) mass is 215 g/mol. The molecule has 2 nitrogen and oxygen atoms in total. The number of halogens is 2. The van der Waals surface area contributed by atoms with Crippen molar-refractivity contribution >= 4 is 37.8 Å². The summed E-state index contributed by atoms with van der Waals surface area (Å²) < 4.78 is -0.718. The minimum atomic E-state index is -1.16. The van der Waals surface area contributed by atoms with Crippen molar-refractivity contribution in [2.75, 3.05) is 0 Å². The molecule has 6 heavy (non-hydrogen) atoms. The largest absolute Gasteiger partial charge is 0.548 e. The molecule has 0 radical (unpaired) electrons. The summed E-state index contributed by atoms with van der Waals surface area (Å²) in [6.45, 7) is 0. The topological polar surface area (TPSA) is 40.1 Å². The van der Waals surface area contributed by atoms with Crippen LogP contribution >= 0.6 is 31.9 Å². The fourth-order valence-corrected chi connectivity index (χ4v) is 0. The van der Waals surface area contributed by atoms with Crippen molar-refractivity contribution < 1.29 is 9.90 Å². The highest BCUT2D eigenvalue weighted by Crippen LogP contribution is 2.04. The molecule has 0 rings (SSSR count). The fraction of sp³-hybridized carbons (Fsp3) is 0.500. The second kappa shape index (κ2) is 2.58. The van der Waals surface area contributed by atoms with Gasteiger partial charge in [0.25, 0.3) is 0 Å². The smallest absolute Gasteiger partial charge is 0.109 e. The summed E-state index contributed by atoms with van der Waals surface area (Å²) in [6.07, 6.45) is 0. The van der Waals surface area contributed by atoms with Crippen LogP contribution in [0, 0.1) is 0 Å². The van der Waals surface area contributed by atoms with Crippen LogP contribution in [0.25, 0.3) is 0 Å². The molecule has 0 saturated heterocycles. The predicted molar refractivity (Wildman–Crippen MR) is 26.6 cm³/mol. The Bertz CT molecular complexity index is 60.6. The molecule has 0 bridgehead atoms. The van der Waals surface area contributed by atoms with Gasteiger partial charge in [0.05, 0.1) is 5.97 Å². The summed E-state index contributed by atoms with van der Waals surface area (Å²) in [7, 11) is 0. The molecular formula is C2HBr2O2-. The third-order valence-corrected chi connectivity index (χ3v) is 0.926. The molecule has 0 spiro atoms. The zero-order valence-electron chi connectivity index (χ0n) is 2.65. The van der Waals surface area contributed by atoms with Crippen molar-refractivity contribution in [2.45, 2.75) is 3.74 Å². The number of carbonyl (C=O) groups excluding carboxylic acids is 1. The van der Waals surface area contributed by atoms with E-state index in [4.69, 9.17) is 0 Å². The molecule has 0 aliphatic heterocycles. The van der Waals surface area contributed by atoms with Gasteiger partial charge in [0.15, 0.2) is 0 Å². The number of hydrogen-bond acceptors (Lipinski definition) is 2. The van der Waals surface area contributed by atoms with Crippen LogP contribution in [-0.4, -0.2) is 9.71 Å². The van der Waals surface area contributed by atoms with Gasteiger partial charge >= 0.3 is 0 Å². The quantitative estimate of drug-likeness (QED) is 0.573. The lowest BCUT2D eigenvalue weighted by Gasteiger charge is -1.97. The molecule has 0 amide bonds. The van der Waals surface area contributed by atoms with E-state index in [1.54, 1.807) is 0 Å². The van der Waals surface area contributed by atoms with Gasteiger partial charge in [-0.3, -0.25) is 0 Å². The lowest BCUT2D eigenvalue weighted by atomic mass is 10.8. The predicted octanol–water partition coefficient (Wildman–Crippen LogP) is -0.148. The molecule has 0 N–H and O–H groups in total. The van der Waals surface area contributed by atoms with Gasteiger partial charge in [0, 0.05) is 0 Å². The van der Waals surface area contributed by atoms with Crippen LogP contribution in [0.2, 0.25) is 0 Å². The van der Waals surface area contributed by atoms with Gasteiger partial charge in [-0.05, 0) is 0 Å². The fourth-order valence-electron chi connectivity index (χ4n) is 0. The Kier molecular flexibility index (Phi) is 2.76. The average molecular weight is 217 g/mol. The van der Waals surface area contributed by atoms with Crippen molar-refractivity contribution in [3.63, 3.8) is 0 Å². The summed E-state index contributed by atoms with van der Waals surface area (Å²) in [4.78, 5) is 9.49. The third kappa shape index (κ3) is 2.66. The Hall–Kier alpha value is 0.430. The first-order valence-corrected chi connectivity index (χ1v) is 2.96. The first-order chi connectivity index (χ1) is 2.64. The maximum absolute atomic E-state index is 9.49. The first kappa shape index (κ1) is 6.43. The normalized spacial score (nSPS) is 9.17. The summed E-state index contributed by atoms with van der Waals surface area (Å²) in [6, 6.07) is 0. The number of alkyl halides is 2. The highest BCUT2D eigenvalue weighted by molar-refractivity contribution is 9.25. The van der Waals surface area contributed by atoms with Gasteiger partial charge in [0.2, 0.25) is 0 Å². The highest BCUT2D eigenvalue weighted by Gasteiger charge is 1.92. The van der Waals surface area contributed by atoms with Crippen LogP contribution < -0.4 is 5.11 Å². The van der Waals surface area contributed by atoms with Crippen LogP contribution in [0.3, 0.4) is 0 Å². The lowest BCUT2D eigenvalue weighted by Crippen LogP contribution is -2.27. The summed E-state index contributed by atoms with van der Waals surface area (Å²) >= 11 is 5.39. The average Bonchev–Trinajstić information content (AvgIpc) is 1.36. The van der Waals surface area contributed by atoms with Crippen molar-refractivity contribution in [3.05, 3.63) is 0 Å². The van der Waals surface area contributed by atoms with Crippen LogP contribution in [0.5, 0.6) is 0 Å². The highest BCUT2D eigenvalue weighted by atomic mass is 79.9. The maximum Gasteiger partial charge on any atom is 0.109 e. The molecule has 36 valence electrons. The van der Waals surface area contributed by atoms with Gasteiger partial charge in [0.1, 0.15) is 3.74 Å². The Morgan fingerprint density at radius 2 is 1.83 bits per heavy atom. The number of rotatable bonds is 1. The molecule has 0 aliphatic rings. The number of hydrogen-bond donors (Lipinski definition) is 0. The number of carboxylic acid groups (broad SMARTS) is 1. The van der Waals surface area contributed by atoms with E-state index in [-0.39, 0.29) is 0 Å². The number of carbonyl (C=O) groups is 1. The van der Waals surface area contributed by atoms with Crippen molar-refractivity contribution in [1.29, 1.82) is 0 Å². The van der Waals surface area contributed by atoms with E-state index < -0.39 is 9.71 Å². The van der Waals surface area contributed by atoms with Crippen LogP contribution in [0.4, 0.5) is 0 Å². The molecule has 0 fully saturated rings. The van der Waals surface area contributed by atoms with E-state index in [0.29, 0.717) is 0 Å². The maximum atomic E-state index is 9.49. The molecule has 0 saturated carbocycles. The van der Waals surface area contributed by atoms with E-state index in [0.717, 1.165) is 0 Å². The van der Waals surface area contributed by atoms with Crippen LogP contribution in [0.15, 0.2) is 0 Å². The third-order valence-electron chi connectivity index (χ3n) is 0.178. The molecule has 0 aromatic rings. The van der Waals surface area contributed by atoms with Gasteiger partial charge in [-0.2, -0.15) is 0 Å². The summed E-state index contributed by atoms with van der Waals surface area (Å²) in [5.74, 6) is -1.16. The Balaban J connectivity index is 3.26. The molecular weight excluding hydrogens is 216 g/mol. The van der Waals surface area contributed by atoms with Gasteiger partial charge in [-0.1, -0.05) is 31.9 Å². The van der Waals surface area contributed by atoms with E-state index in [1.165, 1.54) is 0 Å². The zero-order chi connectivity index (χ0) is 5.15. The Labute approximate surface area is 51.8 Å². The van der Waals surface area contributed by atoms with Gasteiger partial charge in [-0.25, -0.2) is 0 Å². The van der Waals surface area contributed by atoms with Gasteiger partial charge in [-0.15, -0.1) is 0 Å². The summed E-state index contributed by atoms with van der Waals surface area (Å²) in [5, 5.41) is 9.49. The zero-order valence-corrected chi connectivity index (χ0v) is 5.82. The molecule has 0 aromatic carbocycles. The van der Waals surface area contributed by atoms with Crippen molar-refractivity contribution in [2.24, 2.45) is 0 Å². The number of carboxylic acids is 1. The standard InChI is InChI=1S/C2H2Br2O2/c3-1(4)2(5)6/h1H,(H,5,6)/p-1.